The van der Waals surface area contributed by atoms with Crippen LogP contribution in [0, 0.1) is 0 Å². The highest BCUT2D eigenvalue weighted by molar-refractivity contribution is 5.95. The van der Waals surface area contributed by atoms with E-state index in [0.717, 1.165) is 18.7 Å². The number of hydrogen-bond acceptors (Lipinski definition) is 3. The summed E-state index contributed by atoms with van der Waals surface area (Å²) in [7, 11) is 0. The zero-order chi connectivity index (χ0) is 14.0. The molecule has 5 heteroatoms. The maximum absolute atomic E-state index is 12.2. The Balaban J connectivity index is 2.10. The third-order valence-corrected chi connectivity index (χ3v) is 3.17. The number of rotatable bonds is 4. The van der Waals surface area contributed by atoms with Gasteiger partial charge in [0.15, 0.2) is 0 Å². The normalized spacial score (nSPS) is 14.0. The van der Waals surface area contributed by atoms with Gasteiger partial charge < -0.3 is 16.4 Å². The molecule has 1 aromatic carbocycles. The average Bonchev–Trinajstić information content (AvgIpc) is 2.72. The molecule has 2 amide bonds. The fourth-order valence-corrected chi connectivity index (χ4v) is 2.30. The van der Waals surface area contributed by atoms with Gasteiger partial charge in [0.25, 0.3) is 5.91 Å². The summed E-state index contributed by atoms with van der Waals surface area (Å²) >= 11 is 0. The predicted molar refractivity (Wildman–Crippen MR) is 72.3 cm³/mol. The van der Waals surface area contributed by atoms with E-state index in [1.165, 1.54) is 5.56 Å². The molecule has 102 valence electrons. The van der Waals surface area contributed by atoms with E-state index in [1.54, 1.807) is 13.8 Å². The van der Waals surface area contributed by atoms with Crippen LogP contribution in [0.2, 0.25) is 0 Å². The van der Waals surface area contributed by atoms with E-state index in [9.17, 15) is 9.59 Å². The summed E-state index contributed by atoms with van der Waals surface area (Å²) < 4.78 is 0. The number of primary amides is 1. The molecule has 1 heterocycles. The monoisotopic (exact) mass is 261 g/mol. The quantitative estimate of drug-likeness (QED) is 0.745. The summed E-state index contributed by atoms with van der Waals surface area (Å²) in [6.07, 6.45) is 0.116. The van der Waals surface area contributed by atoms with Gasteiger partial charge in [-0.1, -0.05) is 6.07 Å². The van der Waals surface area contributed by atoms with Gasteiger partial charge in [0, 0.05) is 30.6 Å². The zero-order valence-corrected chi connectivity index (χ0v) is 11.2. The minimum atomic E-state index is -0.639. The fourth-order valence-electron chi connectivity index (χ4n) is 2.30. The first-order chi connectivity index (χ1) is 8.87. The van der Waals surface area contributed by atoms with Gasteiger partial charge in [0.05, 0.1) is 0 Å². The second kappa shape index (κ2) is 5.01. The Hall–Kier alpha value is -1.88. The molecule has 5 nitrogen and oxygen atoms in total. The lowest BCUT2D eigenvalue weighted by Crippen LogP contribution is -2.46. The molecule has 0 fully saturated rings. The highest BCUT2D eigenvalue weighted by atomic mass is 16.2. The number of carbonyl (C=O) groups excluding carboxylic acids is 2. The standard InChI is InChI=1S/C14H19N3O2/c1-14(2,6-12(15)18)17-13(19)9-3-4-10-7-16-8-11(10)5-9/h3-5,16H,6-8H2,1-2H3,(H2,15,18)(H,17,19). The summed E-state index contributed by atoms with van der Waals surface area (Å²) in [4.78, 5) is 23.1. The van der Waals surface area contributed by atoms with Gasteiger partial charge in [-0.25, -0.2) is 0 Å². The van der Waals surface area contributed by atoms with Gasteiger partial charge in [-0.2, -0.15) is 0 Å². The van der Waals surface area contributed by atoms with Crippen molar-refractivity contribution >= 4 is 11.8 Å². The van der Waals surface area contributed by atoms with Gasteiger partial charge >= 0.3 is 0 Å². The third kappa shape index (κ3) is 3.32. The van der Waals surface area contributed by atoms with Crippen molar-refractivity contribution in [2.75, 3.05) is 0 Å². The number of benzene rings is 1. The number of nitrogens with two attached hydrogens (primary N) is 1. The molecule has 0 unspecified atom stereocenters. The van der Waals surface area contributed by atoms with Crippen LogP contribution < -0.4 is 16.4 Å². The van der Waals surface area contributed by atoms with Gasteiger partial charge in [-0.05, 0) is 37.1 Å². The maximum Gasteiger partial charge on any atom is 0.251 e. The maximum atomic E-state index is 12.2. The average molecular weight is 261 g/mol. The molecular formula is C14H19N3O2. The lowest BCUT2D eigenvalue weighted by atomic mass is 9.99. The van der Waals surface area contributed by atoms with E-state index in [2.05, 4.69) is 10.6 Å². The first kappa shape index (κ1) is 13.5. The molecule has 19 heavy (non-hydrogen) atoms. The molecule has 0 atom stereocenters. The number of fused-ring (bicyclic) bond motifs is 1. The van der Waals surface area contributed by atoms with Gasteiger partial charge in [-0.15, -0.1) is 0 Å². The molecule has 4 N–H and O–H groups in total. The minimum Gasteiger partial charge on any atom is -0.370 e. The van der Waals surface area contributed by atoms with Crippen molar-refractivity contribution < 1.29 is 9.59 Å². The molecule has 0 aliphatic carbocycles. The molecule has 0 saturated carbocycles. The Kier molecular flexibility index (Phi) is 3.57. The molecule has 0 spiro atoms. The molecule has 1 aromatic rings. The van der Waals surface area contributed by atoms with Crippen molar-refractivity contribution in [3.63, 3.8) is 0 Å². The van der Waals surface area contributed by atoms with Crippen LogP contribution in [0.3, 0.4) is 0 Å². The second-order valence-electron chi connectivity index (χ2n) is 5.57. The first-order valence-corrected chi connectivity index (χ1v) is 6.31. The molecule has 1 aliphatic rings. The second-order valence-corrected chi connectivity index (χ2v) is 5.57. The minimum absolute atomic E-state index is 0.116. The van der Waals surface area contributed by atoms with Crippen molar-refractivity contribution in [1.29, 1.82) is 0 Å². The SMILES string of the molecule is CC(C)(CC(N)=O)NC(=O)c1ccc2c(c1)CNC2. The third-order valence-electron chi connectivity index (χ3n) is 3.17. The number of carbonyl (C=O) groups is 2. The summed E-state index contributed by atoms with van der Waals surface area (Å²) in [6, 6.07) is 5.66. The number of nitrogens with one attached hydrogen (secondary N) is 2. The Morgan fingerprint density at radius 2 is 2.00 bits per heavy atom. The van der Waals surface area contributed by atoms with Crippen LogP contribution in [-0.2, 0) is 17.9 Å². The van der Waals surface area contributed by atoms with E-state index < -0.39 is 11.4 Å². The zero-order valence-electron chi connectivity index (χ0n) is 11.2. The van der Waals surface area contributed by atoms with Crippen molar-refractivity contribution in [3.05, 3.63) is 34.9 Å². The highest BCUT2D eigenvalue weighted by Gasteiger charge is 2.24. The summed E-state index contributed by atoms with van der Waals surface area (Å²) in [6.45, 7) is 5.21. The van der Waals surface area contributed by atoms with E-state index in [-0.39, 0.29) is 12.3 Å². The topological polar surface area (TPSA) is 84.2 Å². The molecule has 2 rings (SSSR count). The van der Waals surface area contributed by atoms with Crippen molar-refractivity contribution in [3.8, 4) is 0 Å². The Bertz CT molecular complexity index is 523. The van der Waals surface area contributed by atoms with Crippen LogP contribution >= 0.6 is 0 Å². The lowest BCUT2D eigenvalue weighted by molar-refractivity contribution is -0.119. The molecular weight excluding hydrogens is 242 g/mol. The van der Waals surface area contributed by atoms with E-state index in [0.29, 0.717) is 5.56 Å². The van der Waals surface area contributed by atoms with Crippen LogP contribution in [0.15, 0.2) is 18.2 Å². The Labute approximate surface area is 112 Å². The summed E-state index contributed by atoms with van der Waals surface area (Å²) in [5.41, 5.74) is 7.52. The number of hydrogen-bond donors (Lipinski definition) is 3. The highest BCUT2D eigenvalue weighted by Crippen LogP contribution is 2.18. The Morgan fingerprint density at radius 1 is 1.32 bits per heavy atom. The van der Waals surface area contributed by atoms with Crippen LogP contribution in [-0.4, -0.2) is 17.4 Å². The van der Waals surface area contributed by atoms with Gasteiger partial charge in [0.1, 0.15) is 0 Å². The smallest absolute Gasteiger partial charge is 0.251 e. The molecule has 0 saturated heterocycles. The van der Waals surface area contributed by atoms with Crippen LogP contribution in [0.1, 0.15) is 41.8 Å². The van der Waals surface area contributed by atoms with Crippen molar-refractivity contribution in [2.45, 2.75) is 38.9 Å². The lowest BCUT2D eigenvalue weighted by Gasteiger charge is -2.24. The van der Waals surface area contributed by atoms with Gasteiger partial charge in [0.2, 0.25) is 5.91 Å². The van der Waals surface area contributed by atoms with Crippen molar-refractivity contribution in [2.24, 2.45) is 5.73 Å². The molecule has 1 aliphatic heterocycles. The molecule has 0 aromatic heterocycles. The van der Waals surface area contributed by atoms with E-state index in [1.807, 2.05) is 18.2 Å². The number of amides is 2. The fraction of sp³-hybridized carbons (Fsp3) is 0.429. The van der Waals surface area contributed by atoms with E-state index in [4.69, 9.17) is 5.73 Å². The van der Waals surface area contributed by atoms with Crippen LogP contribution in [0.4, 0.5) is 0 Å². The summed E-state index contributed by atoms with van der Waals surface area (Å²) in [5.74, 6) is -0.607. The van der Waals surface area contributed by atoms with E-state index >= 15 is 0 Å². The van der Waals surface area contributed by atoms with Crippen molar-refractivity contribution in [1.82, 2.24) is 10.6 Å². The Morgan fingerprint density at radius 3 is 2.68 bits per heavy atom. The van der Waals surface area contributed by atoms with Crippen LogP contribution in [0.5, 0.6) is 0 Å². The predicted octanol–water partition coefficient (Wildman–Crippen LogP) is 0.674. The summed E-state index contributed by atoms with van der Waals surface area (Å²) in [5, 5.41) is 6.07. The van der Waals surface area contributed by atoms with Crippen LogP contribution in [0.25, 0.3) is 0 Å². The molecule has 0 bridgehead atoms. The molecule has 0 radical (unpaired) electrons. The largest absolute Gasteiger partial charge is 0.370 e. The van der Waals surface area contributed by atoms with Gasteiger partial charge in [-0.3, -0.25) is 9.59 Å². The first-order valence-electron chi connectivity index (χ1n) is 6.31.